The van der Waals surface area contributed by atoms with Crippen molar-refractivity contribution in [3.8, 4) is 5.75 Å². The van der Waals surface area contributed by atoms with Crippen molar-refractivity contribution in [2.75, 3.05) is 11.3 Å². The smallest absolute Gasteiger partial charge is 0.262 e. The lowest BCUT2D eigenvalue weighted by Crippen LogP contribution is -2.32. The van der Waals surface area contributed by atoms with Crippen LogP contribution in [0.3, 0.4) is 0 Å². The van der Waals surface area contributed by atoms with Gasteiger partial charge in [0.2, 0.25) is 0 Å². The van der Waals surface area contributed by atoms with E-state index >= 15 is 0 Å². The van der Waals surface area contributed by atoms with Crippen molar-refractivity contribution in [2.24, 2.45) is 0 Å². The van der Waals surface area contributed by atoms with E-state index in [-0.39, 0.29) is 16.8 Å². The molecule has 2 N–H and O–H groups in total. The van der Waals surface area contributed by atoms with Crippen LogP contribution >= 0.6 is 0 Å². The van der Waals surface area contributed by atoms with Crippen LogP contribution in [0.15, 0.2) is 53.4 Å². The van der Waals surface area contributed by atoms with Crippen molar-refractivity contribution < 1.29 is 17.9 Å². The third-order valence-electron chi connectivity index (χ3n) is 4.55. The van der Waals surface area contributed by atoms with Gasteiger partial charge in [-0.05, 0) is 56.2 Å². The first-order chi connectivity index (χ1) is 13.0. The summed E-state index contributed by atoms with van der Waals surface area (Å²) < 4.78 is 33.3. The summed E-state index contributed by atoms with van der Waals surface area (Å²) in [5, 5.41) is 2.99. The highest BCUT2D eigenvalue weighted by atomic mass is 32.2. The van der Waals surface area contributed by atoms with E-state index in [9.17, 15) is 13.2 Å². The number of sulfonamides is 1. The lowest BCUT2D eigenvalue weighted by atomic mass is 10.2. The van der Waals surface area contributed by atoms with Crippen LogP contribution in [0.5, 0.6) is 5.75 Å². The van der Waals surface area contributed by atoms with Gasteiger partial charge in [0.05, 0.1) is 17.2 Å². The molecule has 6 nitrogen and oxygen atoms in total. The topological polar surface area (TPSA) is 84.5 Å². The van der Waals surface area contributed by atoms with E-state index in [2.05, 4.69) is 10.0 Å². The third-order valence-corrected chi connectivity index (χ3v) is 5.93. The molecular weight excluding hydrogens is 364 g/mol. The van der Waals surface area contributed by atoms with Crippen LogP contribution in [0.2, 0.25) is 0 Å². The maximum absolute atomic E-state index is 12.7. The lowest BCUT2D eigenvalue weighted by molar-refractivity contribution is 0.0938. The van der Waals surface area contributed by atoms with Gasteiger partial charge in [0.15, 0.2) is 0 Å². The molecule has 7 heteroatoms. The monoisotopic (exact) mass is 388 g/mol. The summed E-state index contributed by atoms with van der Waals surface area (Å²) in [5.41, 5.74) is 0.831. The Morgan fingerprint density at radius 3 is 2.41 bits per heavy atom. The zero-order chi connectivity index (χ0) is 19.3. The van der Waals surface area contributed by atoms with Crippen molar-refractivity contribution >= 4 is 21.6 Å². The molecule has 1 aliphatic rings. The first-order valence-electron chi connectivity index (χ1n) is 9.15. The second kappa shape index (κ2) is 8.43. The maximum atomic E-state index is 12.7. The summed E-state index contributed by atoms with van der Waals surface area (Å²) in [6, 6.07) is 13.0. The molecule has 2 aromatic carbocycles. The zero-order valence-corrected chi connectivity index (χ0v) is 16.1. The molecule has 0 spiro atoms. The van der Waals surface area contributed by atoms with Crippen LogP contribution in [-0.4, -0.2) is 27.0 Å². The highest BCUT2D eigenvalue weighted by Crippen LogP contribution is 2.26. The van der Waals surface area contributed by atoms with Gasteiger partial charge >= 0.3 is 0 Å². The molecule has 0 radical (unpaired) electrons. The van der Waals surface area contributed by atoms with Gasteiger partial charge in [0.25, 0.3) is 15.9 Å². The van der Waals surface area contributed by atoms with Crippen molar-refractivity contribution in [3.63, 3.8) is 0 Å². The van der Waals surface area contributed by atoms with Gasteiger partial charge in [-0.3, -0.25) is 9.52 Å². The minimum absolute atomic E-state index is 0.0891. The molecule has 3 rings (SSSR count). The molecule has 1 fully saturated rings. The highest BCUT2D eigenvalue weighted by Gasteiger charge is 2.20. The fraction of sp³-hybridized carbons (Fsp3) is 0.350. The Balaban J connectivity index is 1.72. The number of benzene rings is 2. The second-order valence-corrected chi connectivity index (χ2v) is 8.20. The SMILES string of the molecule is CCOc1ccccc1NS(=O)(=O)c1ccc(C(=O)NC2CCCC2)cc1. The first kappa shape index (κ1) is 19.2. The number of ether oxygens (including phenoxy) is 1. The van der Waals surface area contributed by atoms with E-state index in [1.165, 1.54) is 24.3 Å². The van der Waals surface area contributed by atoms with Crippen LogP contribution in [-0.2, 0) is 10.0 Å². The summed E-state index contributed by atoms with van der Waals surface area (Å²) in [5.74, 6) is 0.302. The Morgan fingerprint density at radius 1 is 1.07 bits per heavy atom. The maximum Gasteiger partial charge on any atom is 0.262 e. The van der Waals surface area contributed by atoms with Crippen LogP contribution in [0, 0.1) is 0 Å². The molecule has 0 unspecified atom stereocenters. The molecule has 2 aromatic rings. The van der Waals surface area contributed by atoms with E-state index in [0.29, 0.717) is 23.6 Å². The Hall–Kier alpha value is -2.54. The van der Waals surface area contributed by atoms with E-state index < -0.39 is 10.0 Å². The van der Waals surface area contributed by atoms with Gasteiger partial charge in [-0.2, -0.15) is 0 Å². The molecule has 0 bridgehead atoms. The van der Waals surface area contributed by atoms with Crippen molar-refractivity contribution in [3.05, 3.63) is 54.1 Å². The lowest BCUT2D eigenvalue weighted by Gasteiger charge is -2.14. The summed E-state index contributed by atoms with van der Waals surface area (Å²) in [6.45, 7) is 2.27. The molecule has 1 aliphatic carbocycles. The van der Waals surface area contributed by atoms with Crippen LogP contribution in [0.1, 0.15) is 43.0 Å². The quantitative estimate of drug-likeness (QED) is 0.760. The van der Waals surface area contributed by atoms with Crippen molar-refractivity contribution in [2.45, 2.75) is 43.5 Å². The van der Waals surface area contributed by atoms with Crippen LogP contribution in [0.25, 0.3) is 0 Å². The summed E-state index contributed by atoms with van der Waals surface area (Å²) in [4.78, 5) is 12.4. The molecule has 0 heterocycles. The number of hydrogen-bond acceptors (Lipinski definition) is 4. The van der Waals surface area contributed by atoms with Crippen LogP contribution < -0.4 is 14.8 Å². The predicted octanol–water partition coefficient (Wildman–Crippen LogP) is 3.56. The van der Waals surface area contributed by atoms with Gasteiger partial charge in [0.1, 0.15) is 5.75 Å². The van der Waals surface area contributed by atoms with Gasteiger partial charge in [-0.25, -0.2) is 8.42 Å². The molecule has 144 valence electrons. The molecule has 0 aliphatic heterocycles. The normalized spacial score (nSPS) is 14.7. The van der Waals surface area contributed by atoms with Crippen LogP contribution in [0.4, 0.5) is 5.69 Å². The van der Waals surface area contributed by atoms with E-state index in [0.717, 1.165) is 25.7 Å². The summed E-state index contributed by atoms with van der Waals surface area (Å²) in [7, 11) is -3.78. The Kier molecular flexibility index (Phi) is 6.01. The molecule has 0 saturated heterocycles. The number of carbonyl (C=O) groups excluding carboxylic acids is 1. The number of hydrogen-bond donors (Lipinski definition) is 2. The average molecular weight is 388 g/mol. The van der Waals surface area contributed by atoms with Gasteiger partial charge in [-0.1, -0.05) is 25.0 Å². The van der Waals surface area contributed by atoms with Gasteiger partial charge < -0.3 is 10.1 Å². The Morgan fingerprint density at radius 2 is 1.74 bits per heavy atom. The molecular formula is C20H24N2O4S. The van der Waals surface area contributed by atoms with E-state index in [1.54, 1.807) is 24.3 Å². The largest absolute Gasteiger partial charge is 0.492 e. The van der Waals surface area contributed by atoms with Gasteiger partial charge in [-0.15, -0.1) is 0 Å². The van der Waals surface area contributed by atoms with Crippen molar-refractivity contribution in [1.29, 1.82) is 0 Å². The number of amides is 1. The second-order valence-electron chi connectivity index (χ2n) is 6.51. The standard InChI is InChI=1S/C20H24N2O4S/c1-2-26-19-10-6-5-9-18(19)22-27(24,25)17-13-11-15(12-14-17)20(23)21-16-7-3-4-8-16/h5-6,9-14,16,22H,2-4,7-8H2,1H3,(H,21,23). The predicted molar refractivity (Wildman–Crippen MR) is 105 cm³/mol. The minimum atomic E-state index is -3.78. The molecule has 1 saturated carbocycles. The molecule has 27 heavy (non-hydrogen) atoms. The fourth-order valence-electron chi connectivity index (χ4n) is 3.16. The number of carbonyl (C=O) groups is 1. The fourth-order valence-corrected chi connectivity index (χ4v) is 4.23. The van der Waals surface area contributed by atoms with Gasteiger partial charge in [0, 0.05) is 11.6 Å². The highest BCUT2D eigenvalue weighted by molar-refractivity contribution is 7.92. The molecule has 0 atom stereocenters. The van der Waals surface area contributed by atoms with E-state index in [4.69, 9.17) is 4.74 Å². The van der Waals surface area contributed by atoms with Crippen molar-refractivity contribution in [1.82, 2.24) is 5.32 Å². The summed E-state index contributed by atoms with van der Waals surface area (Å²) in [6.07, 6.45) is 4.27. The molecule has 1 amide bonds. The summed E-state index contributed by atoms with van der Waals surface area (Å²) >= 11 is 0. The Bertz CT molecular complexity index is 888. The number of anilines is 1. The number of para-hydroxylation sites is 2. The minimum Gasteiger partial charge on any atom is -0.492 e. The third kappa shape index (κ3) is 4.80. The zero-order valence-electron chi connectivity index (χ0n) is 15.3. The number of rotatable bonds is 7. The van der Waals surface area contributed by atoms with E-state index in [1.807, 2.05) is 6.92 Å². The Labute approximate surface area is 160 Å². The average Bonchev–Trinajstić information content (AvgIpc) is 3.16. The first-order valence-corrected chi connectivity index (χ1v) is 10.6. The number of nitrogens with one attached hydrogen (secondary N) is 2. The molecule has 0 aromatic heterocycles.